The van der Waals surface area contributed by atoms with Crippen LogP contribution in [0.25, 0.3) is 0 Å². The van der Waals surface area contributed by atoms with E-state index in [0.717, 1.165) is 30.9 Å². The normalized spacial score (nSPS) is 21.4. The van der Waals surface area contributed by atoms with Crippen LogP contribution in [0, 0.1) is 0 Å². The summed E-state index contributed by atoms with van der Waals surface area (Å²) in [7, 11) is 1.32. The molecule has 0 bridgehead atoms. The Bertz CT molecular complexity index is 854. The van der Waals surface area contributed by atoms with Crippen molar-refractivity contribution >= 4 is 45.2 Å². The lowest BCUT2D eigenvalue weighted by atomic mass is 10.0. The fraction of sp³-hybridized carbons (Fsp3) is 0.714. The van der Waals surface area contributed by atoms with Crippen molar-refractivity contribution in [1.82, 2.24) is 25.6 Å². The van der Waals surface area contributed by atoms with E-state index in [-0.39, 0.29) is 5.91 Å². The van der Waals surface area contributed by atoms with Crippen molar-refractivity contribution in [2.45, 2.75) is 70.2 Å². The number of ether oxygens (including phenoxy) is 2. The number of halogens is 1. The Morgan fingerprint density at radius 2 is 1.94 bits per heavy atom. The zero-order chi connectivity index (χ0) is 24.2. The molecule has 2 saturated heterocycles. The zero-order valence-corrected chi connectivity index (χ0v) is 21.8. The van der Waals surface area contributed by atoms with Crippen molar-refractivity contribution in [3.05, 3.63) is 15.0 Å². The van der Waals surface area contributed by atoms with Crippen LogP contribution >= 0.6 is 27.3 Å². The van der Waals surface area contributed by atoms with Gasteiger partial charge in [0.2, 0.25) is 0 Å². The summed E-state index contributed by atoms with van der Waals surface area (Å²) in [5.41, 5.74) is 2.26. The van der Waals surface area contributed by atoms with Gasteiger partial charge in [-0.1, -0.05) is 0 Å². The van der Waals surface area contributed by atoms with E-state index in [9.17, 15) is 14.4 Å². The SMILES string of the molecule is COC(=O)[C@@H]1CCCN(C(=O)[C@@H](NC(=O)OC(C)(C)C)[C@@H](c2nc(Br)cs2)N2CCCC2)N1. The van der Waals surface area contributed by atoms with Crippen LogP contribution < -0.4 is 10.7 Å². The number of carbonyl (C=O) groups excluding carboxylic acids is 3. The number of rotatable bonds is 6. The van der Waals surface area contributed by atoms with Crippen LogP contribution in [0.5, 0.6) is 0 Å². The molecule has 0 saturated carbocycles. The molecule has 12 heteroatoms. The Hall–Kier alpha value is -1.76. The predicted octanol–water partition coefficient (Wildman–Crippen LogP) is 2.60. The highest BCUT2D eigenvalue weighted by Gasteiger charge is 2.42. The fourth-order valence-corrected chi connectivity index (χ4v) is 5.50. The molecule has 0 unspecified atom stereocenters. The fourth-order valence-electron chi connectivity index (χ4n) is 4.07. The Balaban J connectivity index is 1.92. The molecule has 0 aliphatic carbocycles. The quantitative estimate of drug-likeness (QED) is 0.524. The van der Waals surface area contributed by atoms with Gasteiger partial charge in [0.1, 0.15) is 27.3 Å². The summed E-state index contributed by atoms with van der Waals surface area (Å²) >= 11 is 4.83. The number of alkyl carbamates (subject to hydrolysis) is 1. The third-order valence-electron chi connectivity index (χ3n) is 5.47. The molecule has 3 heterocycles. The van der Waals surface area contributed by atoms with Crippen LogP contribution in [-0.2, 0) is 19.1 Å². The largest absolute Gasteiger partial charge is 0.468 e. The Morgan fingerprint density at radius 3 is 2.52 bits per heavy atom. The lowest BCUT2D eigenvalue weighted by molar-refractivity contribution is -0.151. The Labute approximate surface area is 206 Å². The minimum atomic E-state index is -0.958. The van der Waals surface area contributed by atoms with Gasteiger partial charge in [0.05, 0.1) is 13.2 Å². The molecular formula is C21H32BrN5O5S. The molecule has 0 spiro atoms. The van der Waals surface area contributed by atoms with Crippen molar-refractivity contribution in [2.75, 3.05) is 26.7 Å². The standard InChI is InChI=1S/C21H32BrN5O5S/c1-21(2,3)32-20(30)24-15(18(28)27-11-7-8-13(25-27)19(29)31-4)16(26-9-5-6-10-26)17-23-14(22)12-33-17/h12-13,15-16,25H,5-11H2,1-4H3,(H,24,30)/t13-,15-,16-/m0/s1. The Kier molecular flexibility index (Phi) is 8.70. The molecule has 33 heavy (non-hydrogen) atoms. The molecular weight excluding hydrogens is 514 g/mol. The summed E-state index contributed by atoms with van der Waals surface area (Å²) in [6.45, 7) is 7.30. The third-order valence-corrected chi connectivity index (χ3v) is 7.10. The molecule has 2 N–H and O–H groups in total. The number of nitrogens with zero attached hydrogens (tertiary/aromatic N) is 3. The molecule has 1 aromatic rings. The van der Waals surface area contributed by atoms with Crippen molar-refractivity contribution in [3.63, 3.8) is 0 Å². The number of esters is 1. The zero-order valence-electron chi connectivity index (χ0n) is 19.4. The van der Waals surface area contributed by atoms with Gasteiger partial charge in [0.25, 0.3) is 5.91 Å². The van der Waals surface area contributed by atoms with Crippen molar-refractivity contribution < 1.29 is 23.9 Å². The maximum absolute atomic E-state index is 13.8. The molecule has 10 nitrogen and oxygen atoms in total. The number of hydrogen-bond acceptors (Lipinski definition) is 9. The van der Waals surface area contributed by atoms with Gasteiger partial charge in [-0.3, -0.25) is 19.5 Å². The minimum Gasteiger partial charge on any atom is -0.468 e. The molecule has 2 fully saturated rings. The highest BCUT2D eigenvalue weighted by Crippen LogP contribution is 2.33. The first-order valence-corrected chi connectivity index (χ1v) is 12.8. The summed E-state index contributed by atoms with van der Waals surface area (Å²) in [5, 5.41) is 6.81. The maximum Gasteiger partial charge on any atom is 0.408 e. The smallest absolute Gasteiger partial charge is 0.408 e. The first kappa shape index (κ1) is 25.9. The molecule has 2 aliphatic heterocycles. The molecule has 3 atom stereocenters. The number of methoxy groups -OCH3 is 1. The minimum absolute atomic E-state index is 0.349. The van der Waals surface area contributed by atoms with E-state index in [1.165, 1.54) is 23.5 Å². The lowest BCUT2D eigenvalue weighted by Crippen LogP contribution is -2.62. The average molecular weight is 546 g/mol. The van der Waals surface area contributed by atoms with Gasteiger partial charge in [0, 0.05) is 11.9 Å². The van der Waals surface area contributed by atoms with Gasteiger partial charge in [0.15, 0.2) is 0 Å². The number of carbonyl (C=O) groups is 3. The van der Waals surface area contributed by atoms with Crippen LogP contribution in [0.15, 0.2) is 9.98 Å². The summed E-state index contributed by atoms with van der Waals surface area (Å²) < 4.78 is 11.0. The van der Waals surface area contributed by atoms with E-state index in [2.05, 4.69) is 36.6 Å². The van der Waals surface area contributed by atoms with Crippen molar-refractivity contribution in [1.29, 1.82) is 0 Å². The summed E-state index contributed by atoms with van der Waals surface area (Å²) in [4.78, 5) is 45.4. The second-order valence-corrected chi connectivity index (χ2v) is 10.9. The number of hydrazine groups is 1. The van der Waals surface area contributed by atoms with Gasteiger partial charge in [-0.15, -0.1) is 11.3 Å². The number of hydrogen-bond donors (Lipinski definition) is 2. The van der Waals surface area contributed by atoms with Gasteiger partial charge in [-0.25, -0.2) is 15.2 Å². The van der Waals surface area contributed by atoms with E-state index in [0.29, 0.717) is 24.0 Å². The van der Waals surface area contributed by atoms with Gasteiger partial charge in [-0.2, -0.15) is 0 Å². The first-order valence-electron chi connectivity index (χ1n) is 11.1. The van der Waals surface area contributed by atoms with Gasteiger partial charge >= 0.3 is 12.1 Å². The number of likely N-dealkylation sites (tertiary alicyclic amines) is 1. The van der Waals surface area contributed by atoms with Gasteiger partial charge in [-0.05, 0) is 75.5 Å². The van der Waals surface area contributed by atoms with Gasteiger partial charge < -0.3 is 14.8 Å². The van der Waals surface area contributed by atoms with Crippen LogP contribution in [0.1, 0.15) is 57.5 Å². The summed E-state index contributed by atoms with van der Waals surface area (Å²) in [6, 6.07) is -2.04. The van der Waals surface area contributed by atoms with Crippen LogP contribution in [0.3, 0.4) is 0 Å². The molecule has 0 radical (unpaired) electrons. The van der Waals surface area contributed by atoms with E-state index in [1.54, 1.807) is 20.8 Å². The van der Waals surface area contributed by atoms with Crippen molar-refractivity contribution in [3.8, 4) is 0 Å². The highest BCUT2D eigenvalue weighted by molar-refractivity contribution is 9.10. The lowest BCUT2D eigenvalue weighted by Gasteiger charge is -2.38. The molecule has 2 aliphatic rings. The van der Waals surface area contributed by atoms with Crippen LogP contribution in [0.2, 0.25) is 0 Å². The average Bonchev–Trinajstić information content (AvgIpc) is 3.43. The third kappa shape index (κ3) is 6.87. The van der Waals surface area contributed by atoms with Crippen LogP contribution in [0.4, 0.5) is 4.79 Å². The van der Waals surface area contributed by atoms with E-state index < -0.39 is 35.8 Å². The van der Waals surface area contributed by atoms with E-state index in [4.69, 9.17) is 9.47 Å². The molecule has 1 aromatic heterocycles. The molecule has 3 rings (SSSR count). The molecule has 0 aromatic carbocycles. The predicted molar refractivity (Wildman–Crippen MR) is 126 cm³/mol. The molecule has 2 amide bonds. The number of nitrogens with one attached hydrogen (secondary N) is 2. The van der Waals surface area contributed by atoms with E-state index >= 15 is 0 Å². The van der Waals surface area contributed by atoms with E-state index in [1.807, 2.05) is 5.38 Å². The topological polar surface area (TPSA) is 113 Å². The van der Waals surface area contributed by atoms with Crippen molar-refractivity contribution in [2.24, 2.45) is 0 Å². The second kappa shape index (κ2) is 11.1. The van der Waals surface area contributed by atoms with Crippen LogP contribution in [-0.4, -0.2) is 77.3 Å². The number of thiazole rings is 1. The summed E-state index contributed by atoms with van der Waals surface area (Å²) in [5.74, 6) is -0.776. The maximum atomic E-state index is 13.8. The monoisotopic (exact) mass is 545 g/mol. The highest BCUT2D eigenvalue weighted by atomic mass is 79.9. The summed E-state index contributed by atoms with van der Waals surface area (Å²) in [6.07, 6.45) is 2.53. The second-order valence-electron chi connectivity index (χ2n) is 9.16. The number of aromatic nitrogens is 1. The number of amides is 2. The first-order chi connectivity index (χ1) is 15.6. The molecule has 184 valence electrons. The Morgan fingerprint density at radius 1 is 1.24 bits per heavy atom.